The maximum atomic E-state index is 12.0. The highest BCUT2D eigenvalue weighted by atomic mass is 16.5. The van der Waals surface area contributed by atoms with Gasteiger partial charge in [-0.05, 0) is 42.7 Å². The lowest BCUT2D eigenvalue weighted by atomic mass is 9.84. The summed E-state index contributed by atoms with van der Waals surface area (Å²) in [5, 5.41) is 6.02. The molecule has 5 heteroatoms. The van der Waals surface area contributed by atoms with Gasteiger partial charge in [0.1, 0.15) is 0 Å². The molecule has 1 aliphatic carbocycles. The predicted octanol–water partition coefficient (Wildman–Crippen LogP) is 1.81. The molecule has 2 amide bonds. The molecule has 132 valence electrons. The first kappa shape index (κ1) is 17.2. The van der Waals surface area contributed by atoms with Crippen LogP contribution in [-0.4, -0.2) is 56.9 Å². The molecule has 1 aliphatic heterocycles. The molecule has 0 saturated carbocycles. The molecule has 1 atom stereocenters. The average Bonchev–Trinajstić information content (AvgIpc) is 2.89. The monoisotopic (exact) mass is 331 g/mol. The van der Waals surface area contributed by atoms with Crippen LogP contribution < -0.4 is 10.6 Å². The Hall–Kier alpha value is -1.59. The molecule has 1 aromatic rings. The number of hydrogen-bond acceptors (Lipinski definition) is 3. The number of carbonyl (C=O) groups excluding carboxylic acids is 1. The van der Waals surface area contributed by atoms with E-state index >= 15 is 0 Å². The van der Waals surface area contributed by atoms with E-state index in [9.17, 15) is 4.79 Å². The van der Waals surface area contributed by atoms with Crippen LogP contribution in [0.2, 0.25) is 0 Å². The van der Waals surface area contributed by atoms with Gasteiger partial charge in [-0.2, -0.15) is 0 Å². The Labute approximate surface area is 144 Å². The molecule has 1 heterocycles. The van der Waals surface area contributed by atoms with E-state index in [1.807, 2.05) is 0 Å². The summed E-state index contributed by atoms with van der Waals surface area (Å²) >= 11 is 0. The lowest BCUT2D eigenvalue weighted by molar-refractivity contribution is 0.141. The van der Waals surface area contributed by atoms with Crippen LogP contribution in [0.4, 0.5) is 4.79 Å². The van der Waals surface area contributed by atoms with E-state index in [-0.39, 0.29) is 6.03 Å². The fraction of sp³-hybridized carbons (Fsp3) is 0.632. The van der Waals surface area contributed by atoms with E-state index in [1.54, 1.807) is 0 Å². The number of nitrogens with one attached hydrogen (secondary N) is 2. The number of carbonyl (C=O) groups is 1. The van der Waals surface area contributed by atoms with Crippen molar-refractivity contribution in [2.24, 2.45) is 5.92 Å². The number of urea groups is 1. The van der Waals surface area contributed by atoms with Crippen molar-refractivity contribution in [3.8, 4) is 0 Å². The topological polar surface area (TPSA) is 53.6 Å². The number of fused-ring (bicyclic) bond motifs is 1. The first-order valence-electron chi connectivity index (χ1n) is 9.20. The molecule has 0 bridgehead atoms. The van der Waals surface area contributed by atoms with Crippen LogP contribution >= 0.6 is 0 Å². The maximum Gasteiger partial charge on any atom is 0.314 e. The SMILES string of the molecule is O=C(NCCN1CCCOCC1)NCC1CCc2ccccc2C1. The average molecular weight is 331 g/mol. The third-order valence-corrected chi connectivity index (χ3v) is 5.03. The number of ether oxygens (including phenoxy) is 1. The Balaban J connectivity index is 1.31. The van der Waals surface area contributed by atoms with E-state index in [2.05, 4.69) is 39.8 Å². The summed E-state index contributed by atoms with van der Waals surface area (Å²) in [6.45, 7) is 6.03. The van der Waals surface area contributed by atoms with Crippen molar-refractivity contribution in [2.75, 3.05) is 45.9 Å². The summed E-state index contributed by atoms with van der Waals surface area (Å²) in [6.07, 6.45) is 4.44. The number of benzene rings is 1. The van der Waals surface area contributed by atoms with Gasteiger partial charge in [-0.25, -0.2) is 4.79 Å². The van der Waals surface area contributed by atoms with Crippen LogP contribution in [0.5, 0.6) is 0 Å². The van der Waals surface area contributed by atoms with Gasteiger partial charge in [0, 0.05) is 39.3 Å². The molecule has 1 saturated heterocycles. The van der Waals surface area contributed by atoms with Gasteiger partial charge in [-0.1, -0.05) is 24.3 Å². The van der Waals surface area contributed by atoms with Gasteiger partial charge < -0.3 is 15.4 Å². The van der Waals surface area contributed by atoms with Crippen molar-refractivity contribution in [3.05, 3.63) is 35.4 Å². The van der Waals surface area contributed by atoms with Crippen LogP contribution in [0, 0.1) is 5.92 Å². The highest BCUT2D eigenvalue weighted by Crippen LogP contribution is 2.24. The minimum absolute atomic E-state index is 0.0417. The second kappa shape index (κ2) is 9.04. The zero-order chi connectivity index (χ0) is 16.6. The predicted molar refractivity (Wildman–Crippen MR) is 95.2 cm³/mol. The zero-order valence-electron chi connectivity index (χ0n) is 14.4. The molecule has 0 aromatic heterocycles. The van der Waals surface area contributed by atoms with Gasteiger partial charge in [0.05, 0.1) is 6.61 Å². The molecule has 1 fully saturated rings. The number of amides is 2. The summed E-state index contributed by atoms with van der Waals surface area (Å²) in [7, 11) is 0. The maximum absolute atomic E-state index is 12.0. The number of rotatable bonds is 5. The summed E-state index contributed by atoms with van der Waals surface area (Å²) in [5.74, 6) is 0.549. The van der Waals surface area contributed by atoms with E-state index in [4.69, 9.17) is 4.74 Å². The van der Waals surface area contributed by atoms with Gasteiger partial charge in [-0.3, -0.25) is 4.90 Å². The Morgan fingerprint density at radius 1 is 1.17 bits per heavy atom. The highest BCUT2D eigenvalue weighted by molar-refractivity contribution is 5.73. The largest absolute Gasteiger partial charge is 0.380 e. The molecule has 0 radical (unpaired) electrons. The van der Waals surface area contributed by atoms with E-state index in [1.165, 1.54) is 11.1 Å². The third-order valence-electron chi connectivity index (χ3n) is 5.03. The molecule has 0 spiro atoms. The summed E-state index contributed by atoms with van der Waals surface area (Å²) in [5.41, 5.74) is 2.92. The second-order valence-electron chi connectivity index (χ2n) is 6.82. The number of nitrogens with zero attached hydrogens (tertiary/aromatic N) is 1. The zero-order valence-corrected chi connectivity index (χ0v) is 14.4. The Bertz CT molecular complexity index is 527. The minimum Gasteiger partial charge on any atom is -0.380 e. The van der Waals surface area contributed by atoms with Crippen molar-refractivity contribution >= 4 is 6.03 Å². The van der Waals surface area contributed by atoms with E-state index in [0.29, 0.717) is 12.5 Å². The van der Waals surface area contributed by atoms with Crippen molar-refractivity contribution < 1.29 is 9.53 Å². The normalized spacial score (nSPS) is 21.6. The summed E-state index contributed by atoms with van der Waals surface area (Å²) in [4.78, 5) is 14.3. The highest BCUT2D eigenvalue weighted by Gasteiger charge is 2.18. The molecule has 24 heavy (non-hydrogen) atoms. The molecule has 1 unspecified atom stereocenters. The minimum atomic E-state index is -0.0417. The van der Waals surface area contributed by atoms with Crippen LogP contribution in [-0.2, 0) is 17.6 Å². The first-order valence-corrected chi connectivity index (χ1v) is 9.20. The lowest BCUT2D eigenvalue weighted by Crippen LogP contribution is -2.42. The quantitative estimate of drug-likeness (QED) is 0.865. The molecule has 3 rings (SSSR count). The number of hydrogen-bond donors (Lipinski definition) is 2. The van der Waals surface area contributed by atoms with Gasteiger partial charge >= 0.3 is 6.03 Å². The Morgan fingerprint density at radius 2 is 2.04 bits per heavy atom. The van der Waals surface area contributed by atoms with Gasteiger partial charge in [0.15, 0.2) is 0 Å². The molecular weight excluding hydrogens is 302 g/mol. The molecular formula is C19H29N3O2. The Kier molecular flexibility index (Phi) is 6.49. The van der Waals surface area contributed by atoms with Gasteiger partial charge in [0.2, 0.25) is 0 Å². The smallest absolute Gasteiger partial charge is 0.314 e. The molecule has 2 aliphatic rings. The van der Waals surface area contributed by atoms with Crippen LogP contribution in [0.25, 0.3) is 0 Å². The van der Waals surface area contributed by atoms with E-state index in [0.717, 1.165) is 65.1 Å². The van der Waals surface area contributed by atoms with Gasteiger partial charge in [0.25, 0.3) is 0 Å². The molecule has 1 aromatic carbocycles. The van der Waals surface area contributed by atoms with Crippen LogP contribution in [0.3, 0.4) is 0 Å². The van der Waals surface area contributed by atoms with Crippen molar-refractivity contribution in [2.45, 2.75) is 25.7 Å². The molecule has 2 N–H and O–H groups in total. The lowest BCUT2D eigenvalue weighted by Gasteiger charge is -2.25. The van der Waals surface area contributed by atoms with Crippen LogP contribution in [0.15, 0.2) is 24.3 Å². The number of aryl methyl sites for hydroxylation is 1. The summed E-state index contributed by atoms with van der Waals surface area (Å²) in [6, 6.07) is 8.61. The molecule has 5 nitrogen and oxygen atoms in total. The standard InChI is InChI=1S/C19H29N3O2/c23-19(20-8-10-22-9-3-12-24-13-11-22)21-15-16-6-7-17-4-1-2-5-18(17)14-16/h1-2,4-5,16H,3,6-15H2,(H2,20,21,23). The second-order valence-corrected chi connectivity index (χ2v) is 6.82. The Morgan fingerprint density at radius 3 is 2.96 bits per heavy atom. The van der Waals surface area contributed by atoms with Crippen molar-refractivity contribution in [1.29, 1.82) is 0 Å². The van der Waals surface area contributed by atoms with Crippen molar-refractivity contribution in [3.63, 3.8) is 0 Å². The fourth-order valence-corrected chi connectivity index (χ4v) is 3.60. The first-order chi connectivity index (χ1) is 11.8. The van der Waals surface area contributed by atoms with Gasteiger partial charge in [-0.15, -0.1) is 0 Å². The van der Waals surface area contributed by atoms with Crippen LogP contribution in [0.1, 0.15) is 24.0 Å². The fourth-order valence-electron chi connectivity index (χ4n) is 3.60. The van der Waals surface area contributed by atoms with E-state index < -0.39 is 0 Å². The third kappa shape index (κ3) is 5.21. The van der Waals surface area contributed by atoms with Crippen molar-refractivity contribution in [1.82, 2.24) is 15.5 Å². The summed E-state index contributed by atoms with van der Waals surface area (Å²) < 4.78 is 5.44.